The molecular formula is C22H24ClNO5S. The molecule has 6 nitrogen and oxygen atoms in total. The van der Waals surface area contributed by atoms with Gasteiger partial charge in [-0.15, -0.1) is 0 Å². The highest BCUT2D eigenvalue weighted by Crippen LogP contribution is 2.28. The summed E-state index contributed by atoms with van der Waals surface area (Å²) >= 11 is 6.09. The lowest BCUT2D eigenvalue weighted by molar-refractivity contribution is 0.0474. The number of hydrogen-bond acceptors (Lipinski definition) is 5. The maximum absolute atomic E-state index is 12.8. The number of ketones is 1. The molecule has 30 heavy (non-hydrogen) atoms. The summed E-state index contributed by atoms with van der Waals surface area (Å²) in [5.41, 5.74) is 1.58. The number of Topliss-reactive ketones (excluding diaryl/α,β-unsaturated/α-hetero) is 1. The molecule has 1 saturated heterocycles. The normalized spacial score (nSPS) is 14.8. The maximum Gasteiger partial charge on any atom is 0.338 e. The van der Waals surface area contributed by atoms with Crippen LogP contribution in [0.4, 0.5) is 0 Å². The third kappa shape index (κ3) is 4.91. The molecule has 1 aliphatic heterocycles. The van der Waals surface area contributed by atoms with Crippen LogP contribution in [0.25, 0.3) is 0 Å². The molecule has 0 aliphatic carbocycles. The molecule has 2 aromatic rings. The number of halogens is 1. The first kappa shape index (κ1) is 22.5. The number of sulfonamides is 1. The number of hydrogen-bond donors (Lipinski definition) is 0. The second-order valence-electron chi connectivity index (χ2n) is 7.53. The summed E-state index contributed by atoms with van der Waals surface area (Å²) in [5.74, 6) is -0.767. The van der Waals surface area contributed by atoms with Crippen molar-refractivity contribution < 1.29 is 22.7 Å². The Morgan fingerprint density at radius 2 is 1.63 bits per heavy atom. The van der Waals surface area contributed by atoms with E-state index in [1.807, 2.05) is 12.1 Å². The molecule has 0 atom stereocenters. The molecule has 8 heteroatoms. The van der Waals surface area contributed by atoms with Crippen LogP contribution in [0.3, 0.4) is 0 Å². The number of esters is 1. The van der Waals surface area contributed by atoms with Gasteiger partial charge in [-0.25, -0.2) is 13.2 Å². The fourth-order valence-corrected chi connectivity index (χ4v) is 5.26. The minimum absolute atomic E-state index is 0.0279. The monoisotopic (exact) mass is 449 g/mol. The summed E-state index contributed by atoms with van der Waals surface area (Å²) < 4.78 is 32.1. The Labute approximate surface area is 181 Å². The van der Waals surface area contributed by atoms with Gasteiger partial charge in [0.25, 0.3) is 0 Å². The summed E-state index contributed by atoms with van der Waals surface area (Å²) in [6.07, 6.45) is 1.58. The molecule has 160 valence electrons. The first-order chi connectivity index (χ1) is 14.2. The molecule has 2 aromatic carbocycles. The van der Waals surface area contributed by atoms with Gasteiger partial charge in [0.1, 0.15) is 4.90 Å². The molecule has 0 unspecified atom stereocenters. The van der Waals surface area contributed by atoms with Gasteiger partial charge in [0.15, 0.2) is 12.4 Å². The van der Waals surface area contributed by atoms with E-state index in [1.54, 1.807) is 12.1 Å². The van der Waals surface area contributed by atoms with Crippen LogP contribution in [0.1, 0.15) is 58.9 Å². The highest BCUT2D eigenvalue weighted by atomic mass is 35.5. The van der Waals surface area contributed by atoms with E-state index in [1.165, 1.54) is 22.5 Å². The van der Waals surface area contributed by atoms with E-state index in [9.17, 15) is 18.0 Å². The van der Waals surface area contributed by atoms with Gasteiger partial charge >= 0.3 is 5.97 Å². The molecule has 0 spiro atoms. The molecule has 0 N–H and O–H groups in total. The largest absolute Gasteiger partial charge is 0.454 e. The van der Waals surface area contributed by atoms with Crippen molar-refractivity contribution in [3.8, 4) is 0 Å². The van der Waals surface area contributed by atoms with Crippen LogP contribution in [0.2, 0.25) is 5.02 Å². The second kappa shape index (κ2) is 9.29. The minimum Gasteiger partial charge on any atom is -0.454 e. The van der Waals surface area contributed by atoms with Crippen molar-refractivity contribution in [3.05, 3.63) is 64.2 Å². The number of nitrogens with zero attached hydrogens (tertiary/aromatic N) is 1. The smallest absolute Gasteiger partial charge is 0.338 e. The highest BCUT2D eigenvalue weighted by molar-refractivity contribution is 7.89. The lowest BCUT2D eigenvalue weighted by Crippen LogP contribution is -2.28. The van der Waals surface area contributed by atoms with Crippen molar-refractivity contribution in [2.75, 3.05) is 19.7 Å². The first-order valence-corrected chi connectivity index (χ1v) is 11.6. The summed E-state index contributed by atoms with van der Waals surface area (Å²) in [5, 5.41) is 0.0415. The van der Waals surface area contributed by atoms with Crippen LogP contribution in [0.5, 0.6) is 0 Å². The van der Waals surface area contributed by atoms with E-state index in [0.717, 1.165) is 18.4 Å². The minimum atomic E-state index is -3.78. The Hall–Kier alpha value is -2.22. The molecule has 0 saturated carbocycles. The molecule has 1 aliphatic rings. The molecule has 0 amide bonds. The van der Waals surface area contributed by atoms with Crippen molar-refractivity contribution >= 4 is 33.4 Å². The van der Waals surface area contributed by atoms with Crippen molar-refractivity contribution in [1.29, 1.82) is 0 Å². The quantitative estimate of drug-likeness (QED) is 0.465. The molecule has 1 fully saturated rings. The lowest BCUT2D eigenvalue weighted by Gasteiger charge is -2.17. The zero-order valence-electron chi connectivity index (χ0n) is 16.9. The molecular weight excluding hydrogens is 426 g/mol. The van der Waals surface area contributed by atoms with Crippen LogP contribution >= 0.6 is 11.6 Å². The number of carbonyl (C=O) groups is 2. The van der Waals surface area contributed by atoms with Gasteiger partial charge < -0.3 is 4.74 Å². The van der Waals surface area contributed by atoms with Crippen LogP contribution < -0.4 is 0 Å². The SMILES string of the molecule is CC(C)c1ccc(C(=O)COC(=O)c2ccc(Cl)c(S(=O)(=O)N3CCCC3)c2)cc1. The van der Waals surface area contributed by atoms with Gasteiger partial charge in [-0.05, 0) is 42.5 Å². The van der Waals surface area contributed by atoms with Gasteiger partial charge in [-0.3, -0.25) is 4.79 Å². The van der Waals surface area contributed by atoms with Crippen LogP contribution in [-0.4, -0.2) is 44.2 Å². The molecule has 0 aromatic heterocycles. The first-order valence-electron chi connectivity index (χ1n) is 9.80. The van der Waals surface area contributed by atoms with Crippen molar-refractivity contribution in [3.63, 3.8) is 0 Å². The number of carbonyl (C=O) groups excluding carboxylic acids is 2. The Morgan fingerprint density at radius 1 is 1.03 bits per heavy atom. The molecule has 0 radical (unpaired) electrons. The van der Waals surface area contributed by atoms with Crippen LogP contribution in [0, 0.1) is 0 Å². The third-order valence-electron chi connectivity index (χ3n) is 5.08. The van der Waals surface area contributed by atoms with Gasteiger partial charge in [0, 0.05) is 18.7 Å². The second-order valence-corrected chi connectivity index (χ2v) is 9.85. The zero-order chi connectivity index (χ0) is 21.9. The van der Waals surface area contributed by atoms with E-state index < -0.39 is 22.6 Å². The molecule has 0 bridgehead atoms. The Morgan fingerprint density at radius 3 is 2.23 bits per heavy atom. The van der Waals surface area contributed by atoms with E-state index in [0.29, 0.717) is 24.6 Å². The number of benzene rings is 2. The fraction of sp³-hybridized carbons (Fsp3) is 0.364. The topological polar surface area (TPSA) is 80.8 Å². The van der Waals surface area contributed by atoms with E-state index in [2.05, 4.69) is 13.8 Å². The van der Waals surface area contributed by atoms with Crippen molar-refractivity contribution in [2.24, 2.45) is 0 Å². The van der Waals surface area contributed by atoms with E-state index in [-0.39, 0.29) is 21.3 Å². The number of ether oxygens (including phenoxy) is 1. The van der Waals surface area contributed by atoms with Gasteiger partial charge in [-0.2, -0.15) is 4.31 Å². The van der Waals surface area contributed by atoms with Crippen molar-refractivity contribution in [1.82, 2.24) is 4.31 Å². The van der Waals surface area contributed by atoms with Crippen LogP contribution in [-0.2, 0) is 14.8 Å². The average molecular weight is 450 g/mol. The fourth-order valence-electron chi connectivity index (χ4n) is 3.25. The Balaban J connectivity index is 1.70. The average Bonchev–Trinajstić information content (AvgIpc) is 3.28. The summed E-state index contributed by atoms with van der Waals surface area (Å²) in [6, 6.07) is 11.1. The van der Waals surface area contributed by atoms with Gasteiger partial charge in [-0.1, -0.05) is 49.7 Å². The lowest BCUT2D eigenvalue weighted by atomic mass is 10.0. The third-order valence-corrected chi connectivity index (χ3v) is 7.46. The van der Waals surface area contributed by atoms with E-state index >= 15 is 0 Å². The van der Waals surface area contributed by atoms with Crippen LogP contribution in [0.15, 0.2) is 47.4 Å². The van der Waals surface area contributed by atoms with E-state index in [4.69, 9.17) is 16.3 Å². The molecule has 1 heterocycles. The Bertz CT molecular complexity index is 1040. The summed E-state index contributed by atoms with van der Waals surface area (Å²) in [4.78, 5) is 24.6. The summed E-state index contributed by atoms with van der Waals surface area (Å²) in [6.45, 7) is 4.54. The van der Waals surface area contributed by atoms with Gasteiger partial charge in [0.05, 0.1) is 10.6 Å². The zero-order valence-corrected chi connectivity index (χ0v) is 18.5. The standard InChI is InChI=1S/C22H24ClNO5S/c1-15(2)16-5-7-17(8-6-16)20(25)14-29-22(26)18-9-10-19(23)21(13-18)30(27,28)24-11-3-4-12-24/h5-10,13,15H,3-4,11-12,14H2,1-2H3. The maximum atomic E-state index is 12.8. The summed E-state index contributed by atoms with van der Waals surface area (Å²) in [7, 11) is -3.78. The van der Waals surface area contributed by atoms with Gasteiger partial charge in [0.2, 0.25) is 10.0 Å². The predicted octanol–water partition coefficient (Wildman–Crippen LogP) is 4.29. The number of rotatable bonds is 7. The molecule has 3 rings (SSSR count). The predicted molar refractivity (Wildman–Crippen MR) is 115 cm³/mol. The van der Waals surface area contributed by atoms with Crippen molar-refractivity contribution in [2.45, 2.75) is 37.5 Å². The highest BCUT2D eigenvalue weighted by Gasteiger charge is 2.30. The Kier molecular flexibility index (Phi) is 6.95.